The van der Waals surface area contributed by atoms with Crippen LogP contribution in [-0.2, 0) is 27.4 Å². The van der Waals surface area contributed by atoms with Crippen LogP contribution >= 0.6 is 0 Å². The lowest BCUT2D eigenvalue weighted by Gasteiger charge is -2.30. The van der Waals surface area contributed by atoms with Gasteiger partial charge in [0.25, 0.3) is 5.91 Å². The number of fused-ring (bicyclic) bond motifs is 1. The summed E-state index contributed by atoms with van der Waals surface area (Å²) in [5, 5.41) is 4.39. The molecule has 7 nitrogen and oxygen atoms in total. The molecule has 2 fully saturated rings. The standard InChI is InChI=1S/C21H30N4O3/c1-15-4-7-18-16(13-24(20(18)23-15)9-3-10-27-2)14-25(17-5-6-17)21(26)19-12-22-8-11-28-19/h4,7,13,17,19,22H,3,5-6,8-12,14H2,1-2H3/t19-/m1/s1. The summed E-state index contributed by atoms with van der Waals surface area (Å²) in [5.41, 5.74) is 3.15. The highest BCUT2D eigenvalue weighted by Gasteiger charge is 2.37. The van der Waals surface area contributed by atoms with E-state index in [9.17, 15) is 4.79 Å². The Balaban J connectivity index is 1.59. The van der Waals surface area contributed by atoms with Crippen LogP contribution in [0.25, 0.3) is 11.0 Å². The second-order valence-electron chi connectivity index (χ2n) is 7.78. The molecule has 7 heteroatoms. The van der Waals surface area contributed by atoms with Crippen LogP contribution in [0.15, 0.2) is 18.3 Å². The monoisotopic (exact) mass is 386 g/mol. The molecule has 2 aromatic heterocycles. The van der Waals surface area contributed by atoms with Crippen LogP contribution in [0.4, 0.5) is 0 Å². The lowest BCUT2D eigenvalue weighted by Crippen LogP contribution is -2.49. The van der Waals surface area contributed by atoms with Crippen molar-refractivity contribution in [3.8, 4) is 0 Å². The summed E-state index contributed by atoms with van der Waals surface area (Å²) < 4.78 is 13.1. The molecule has 0 spiro atoms. The molecule has 1 saturated heterocycles. The summed E-state index contributed by atoms with van der Waals surface area (Å²) in [7, 11) is 1.73. The second-order valence-corrected chi connectivity index (χ2v) is 7.78. The van der Waals surface area contributed by atoms with Crippen molar-refractivity contribution < 1.29 is 14.3 Å². The SMILES string of the molecule is COCCCn1cc(CN(C(=O)[C@H]2CNCCO2)C2CC2)c2ccc(C)nc21. The van der Waals surface area contributed by atoms with Gasteiger partial charge in [-0.1, -0.05) is 0 Å². The minimum atomic E-state index is -0.371. The van der Waals surface area contributed by atoms with Crippen LogP contribution in [0.2, 0.25) is 0 Å². The zero-order chi connectivity index (χ0) is 19.5. The third kappa shape index (κ3) is 4.21. The highest BCUT2D eigenvalue weighted by Crippen LogP contribution is 2.31. The molecule has 4 rings (SSSR count). The van der Waals surface area contributed by atoms with Gasteiger partial charge in [0.2, 0.25) is 0 Å². The number of carbonyl (C=O) groups is 1. The van der Waals surface area contributed by atoms with Gasteiger partial charge in [-0.3, -0.25) is 4.79 Å². The summed E-state index contributed by atoms with van der Waals surface area (Å²) in [6, 6.07) is 4.51. The van der Waals surface area contributed by atoms with Crippen molar-refractivity contribution in [2.75, 3.05) is 33.4 Å². The number of amides is 1. The van der Waals surface area contributed by atoms with Crippen LogP contribution in [-0.4, -0.2) is 65.9 Å². The van der Waals surface area contributed by atoms with E-state index in [2.05, 4.69) is 22.1 Å². The van der Waals surface area contributed by atoms with Gasteiger partial charge in [0.05, 0.1) is 6.61 Å². The average Bonchev–Trinajstić information content (AvgIpc) is 3.50. The number of hydrogen-bond acceptors (Lipinski definition) is 5. The highest BCUT2D eigenvalue weighted by molar-refractivity contribution is 5.84. The maximum absolute atomic E-state index is 13.1. The van der Waals surface area contributed by atoms with E-state index in [0.29, 0.717) is 25.7 Å². The van der Waals surface area contributed by atoms with Gasteiger partial charge >= 0.3 is 0 Å². The summed E-state index contributed by atoms with van der Waals surface area (Å²) in [6.07, 6.45) is 4.88. The number of aryl methyl sites for hydroxylation is 2. The Kier molecular flexibility index (Phi) is 5.94. The number of nitrogens with zero attached hydrogens (tertiary/aromatic N) is 3. The molecular weight excluding hydrogens is 356 g/mol. The Hall–Kier alpha value is -1.96. The predicted octanol–water partition coefficient (Wildman–Crippen LogP) is 1.86. The molecular formula is C21H30N4O3. The fraction of sp³-hybridized carbons (Fsp3) is 0.619. The zero-order valence-electron chi connectivity index (χ0n) is 16.8. The van der Waals surface area contributed by atoms with Crippen LogP contribution in [0, 0.1) is 6.92 Å². The van der Waals surface area contributed by atoms with Gasteiger partial charge in [-0.25, -0.2) is 4.98 Å². The van der Waals surface area contributed by atoms with Gasteiger partial charge < -0.3 is 24.3 Å². The van der Waals surface area contributed by atoms with E-state index >= 15 is 0 Å². The summed E-state index contributed by atoms with van der Waals surface area (Å²) in [5.74, 6) is 0.107. The molecule has 0 aromatic carbocycles. The first-order chi connectivity index (χ1) is 13.7. The van der Waals surface area contributed by atoms with Gasteiger partial charge in [0.1, 0.15) is 11.8 Å². The van der Waals surface area contributed by atoms with E-state index in [1.165, 1.54) is 0 Å². The molecule has 2 aliphatic rings. The van der Waals surface area contributed by atoms with Crippen LogP contribution < -0.4 is 5.32 Å². The van der Waals surface area contributed by atoms with Gasteiger partial charge in [-0.2, -0.15) is 0 Å². The molecule has 1 amide bonds. The maximum Gasteiger partial charge on any atom is 0.253 e. The Labute approximate surface area is 166 Å². The van der Waals surface area contributed by atoms with E-state index in [0.717, 1.165) is 61.2 Å². The van der Waals surface area contributed by atoms with Crippen molar-refractivity contribution in [2.24, 2.45) is 0 Å². The molecule has 3 heterocycles. The van der Waals surface area contributed by atoms with Crippen molar-refractivity contribution in [1.82, 2.24) is 19.8 Å². The van der Waals surface area contributed by atoms with Crippen LogP contribution in [0.1, 0.15) is 30.5 Å². The molecule has 2 aromatic rings. The molecule has 152 valence electrons. The van der Waals surface area contributed by atoms with Crippen LogP contribution in [0.3, 0.4) is 0 Å². The minimum Gasteiger partial charge on any atom is -0.385 e. The number of rotatable bonds is 8. The summed E-state index contributed by atoms with van der Waals surface area (Å²) >= 11 is 0. The van der Waals surface area contributed by atoms with E-state index < -0.39 is 0 Å². The smallest absolute Gasteiger partial charge is 0.253 e. The number of aromatic nitrogens is 2. The number of carbonyl (C=O) groups excluding carboxylic acids is 1. The van der Waals surface area contributed by atoms with Gasteiger partial charge in [0, 0.05) is 63.2 Å². The van der Waals surface area contributed by atoms with Gasteiger partial charge in [0.15, 0.2) is 0 Å². The third-order valence-corrected chi connectivity index (χ3v) is 5.51. The number of nitrogens with one attached hydrogen (secondary N) is 1. The quantitative estimate of drug-likeness (QED) is 0.702. The van der Waals surface area contributed by atoms with E-state index in [-0.39, 0.29) is 12.0 Å². The Bertz CT molecular complexity index is 824. The number of morpholine rings is 1. The van der Waals surface area contributed by atoms with E-state index in [4.69, 9.17) is 14.5 Å². The Morgan fingerprint density at radius 1 is 1.43 bits per heavy atom. The normalized spacial score (nSPS) is 19.9. The van der Waals surface area contributed by atoms with Crippen molar-refractivity contribution >= 4 is 16.9 Å². The Morgan fingerprint density at radius 2 is 2.29 bits per heavy atom. The number of pyridine rings is 1. The predicted molar refractivity (Wildman–Crippen MR) is 107 cm³/mol. The first kappa shape index (κ1) is 19.4. The molecule has 0 bridgehead atoms. The highest BCUT2D eigenvalue weighted by atomic mass is 16.5. The van der Waals surface area contributed by atoms with Gasteiger partial charge in [-0.05, 0) is 43.9 Å². The first-order valence-corrected chi connectivity index (χ1v) is 10.2. The van der Waals surface area contributed by atoms with Crippen molar-refractivity contribution in [1.29, 1.82) is 0 Å². The fourth-order valence-corrected chi connectivity index (χ4v) is 3.87. The summed E-state index contributed by atoms with van der Waals surface area (Å²) in [4.78, 5) is 19.9. The molecule has 28 heavy (non-hydrogen) atoms. The van der Waals surface area contributed by atoms with Gasteiger partial charge in [-0.15, -0.1) is 0 Å². The molecule has 1 aliphatic heterocycles. The average molecular weight is 386 g/mol. The Morgan fingerprint density at radius 3 is 3.00 bits per heavy atom. The maximum atomic E-state index is 13.1. The largest absolute Gasteiger partial charge is 0.385 e. The minimum absolute atomic E-state index is 0.107. The molecule has 0 unspecified atom stereocenters. The number of ether oxygens (including phenoxy) is 2. The van der Waals surface area contributed by atoms with E-state index in [1.807, 2.05) is 17.9 Å². The molecule has 0 radical (unpaired) electrons. The first-order valence-electron chi connectivity index (χ1n) is 10.2. The number of methoxy groups -OCH3 is 1. The molecule has 1 atom stereocenters. The van der Waals surface area contributed by atoms with E-state index in [1.54, 1.807) is 7.11 Å². The van der Waals surface area contributed by atoms with Crippen LogP contribution in [0.5, 0.6) is 0 Å². The van der Waals surface area contributed by atoms with Crippen molar-refractivity contribution in [3.63, 3.8) is 0 Å². The zero-order valence-corrected chi connectivity index (χ0v) is 16.8. The number of hydrogen-bond donors (Lipinski definition) is 1. The summed E-state index contributed by atoms with van der Waals surface area (Å²) in [6.45, 7) is 6.21. The second kappa shape index (κ2) is 8.59. The fourth-order valence-electron chi connectivity index (χ4n) is 3.87. The van der Waals surface area contributed by atoms with Crippen molar-refractivity contribution in [3.05, 3.63) is 29.6 Å². The molecule has 1 saturated carbocycles. The topological polar surface area (TPSA) is 68.6 Å². The van der Waals surface area contributed by atoms with Crippen molar-refractivity contribution in [2.45, 2.75) is 51.4 Å². The third-order valence-electron chi connectivity index (χ3n) is 5.51. The lowest BCUT2D eigenvalue weighted by molar-refractivity contribution is -0.146. The molecule has 1 aliphatic carbocycles. The molecule has 1 N–H and O–H groups in total. The lowest BCUT2D eigenvalue weighted by atomic mass is 10.1.